The molecule has 3 heteroatoms. The molecule has 0 N–H and O–H groups in total. The van der Waals surface area contributed by atoms with Crippen LogP contribution in [0.25, 0.3) is 0 Å². The summed E-state index contributed by atoms with van der Waals surface area (Å²) in [6.07, 6.45) is 0. The van der Waals surface area contributed by atoms with Gasteiger partial charge in [0.25, 0.3) is 0 Å². The molecule has 0 aliphatic heterocycles. The highest BCUT2D eigenvalue weighted by atomic mass is 32.1. The molecule has 1 aromatic carbocycles. The van der Waals surface area contributed by atoms with E-state index in [4.69, 9.17) is 4.74 Å². The van der Waals surface area contributed by atoms with Gasteiger partial charge in [-0.15, -0.1) is 0 Å². The molecular weight excluding hydrogens is 182 g/mol. The van der Waals surface area contributed by atoms with Crippen LogP contribution in [0.3, 0.4) is 0 Å². The van der Waals surface area contributed by atoms with Crippen molar-refractivity contribution >= 4 is 17.4 Å². The molecule has 0 radical (unpaired) electrons. The van der Waals surface area contributed by atoms with Crippen molar-refractivity contribution < 1.29 is 4.74 Å². The minimum absolute atomic E-state index is 0.574. The van der Waals surface area contributed by atoms with E-state index in [1.165, 1.54) is 0 Å². The summed E-state index contributed by atoms with van der Waals surface area (Å²) in [5.41, 5.74) is 1.09. The van der Waals surface area contributed by atoms with E-state index in [9.17, 15) is 0 Å². The maximum absolute atomic E-state index is 5.34. The fourth-order valence-electron chi connectivity index (χ4n) is 1.02. The Kier molecular flexibility index (Phi) is 4.16. The zero-order chi connectivity index (χ0) is 9.52. The van der Waals surface area contributed by atoms with Gasteiger partial charge in [0, 0.05) is 0 Å². The molecule has 0 unspecified atom stereocenters. The lowest BCUT2D eigenvalue weighted by Crippen LogP contribution is -1.91. The Labute approximate surface area is 83.3 Å². The van der Waals surface area contributed by atoms with Crippen molar-refractivity contribution in [2.75, 3.05) is 6.61 Å². The number of rotatable bonds is 4. The van der Waals surface area contributed by atoms with Gasteiger partial charge in [-0.25, -0.2) is 4.99 Å². The molecule has 0 aromatic heterocycles. The summed E-state index contributed by atoms with van der Waals surface area (Å²) in [4.78, 5) is 3.85. The van der Waals surface area contributed by atoms with E-state index in [0.717, 1.165) is 11.3 Å². The van der Waals surface area contributed by atoms with Gasteiger partial charge < -0.3 is 4.74 Å². The first-order valence-corrected chi connectivity index (χ1v) is 4.53. The summed E-state index contributed by atoms with van der Waals surface area (Å²) in [6.45, 7) is 3.21. The minimum atomic E-state index is 0.574. The van der Waals surface area contributed by atoms with Crippen molar-refractivity contribution in [3.63, 3.8) is 0 Å². The van der Waals surface area contributed by atoms with E-state index in [0.29, 0.717) is 13.2 Å². The second-order valence-corrected chi connectivity index (χ2v) is 2.67. The van der Waals surface area contributed by atoms with Gasteiger partial charge in [-0.2, -0.15) is 0 Å². The largest absolute Gasteiger partial charge is 0.494 e. The van der Waals surface area contributed by atoms with Crippen LogP contribution in [0.5, 0.6) is 5.75 Å². The van der Waals surface area contributed by atoms with Gasteiger partial charge >= 0.3 is 0 Å². The normalized spacial score (nSPS) is 9.00. The van der Waals surface area contributed by atoms with E-state index in [2.05, 4.69) is 22.4 Å². The number of isothiocyanates is 1. The molecule has 13 heavy (non-hydrogen) atoms. The van der Waals surface area contributed by atoms with Crippen molar-refractivity contribution in [1.29, 1.82) is 0 Å². The average molecular weight is 193 g/mol. The molecule has 1 rings (SSSR count). The lowest BCUT2D eigenvalue weighted by Gasteiger charge is -2.03. The Morgan fingerprint density at radius 1 is 1.54 bits per heavy atom. The van der Waals surface area contributed by atoms with Crippen molar-refractivity contribution in [2.45, 2.75) is 13.5 Å². The highest BCUT2D eigenvalue weighted by molar-refractivity contribution is 7.78. The summed E-state index contributed by atoms with van der Waals surface area (Å²) in [5.74, 6) is 0.875. The van der Waals surface area contributed by atoms with Crippen LogP contribution in [-0.4, -0.2) is 11.8 Å². The number of thiocarbonyl (C=S) groups is 1. The Bertz CT molecular complexity index is 318. The van der Waals surface area contributed by atoms with Crippen molar-refractivity contribution in [3.05, 3.63) is 29.8 Å². The molecule has 0 spiro atoms. The Morgan fingerprint density at radius 3 is 3.08 bits per heavy atom. The predicted molar refractivity (Wildman–Crippen MR) is 56.3 cm³/mol. The molecule has 0 saturated heterocycles. The summed E-state index contributed by atoms with van der Waals surface area (Å²) < 4.78 is 5.34. The standard InChI is InChI=1S/C10H11NOS/c1-2-12-10-5-3-4-9(6-10)7-11-8-13/h3-6H,2,7H2,1H3. The van der Waals surface area contributed by atoms with E-state index < -0.39 is 0 Å². The molecule has 2 nitrogen and oxygen atoms in total. The van der Waals surface area contributed by atoms with Crippen LogP contribution in [0.1, 0.15) is 12.5 Å². The number of hydrogen-bond donors (Lipinski definition) is 0. The monoisotopic (exact) mass is 193 g/mol. The van der Waals surface area contributed by atoms with Gasteiger partial charge in [-0.05, 0) is 36.8 Å². The third kappa shape index (κ3) is 3.36. The molecule has 0 saturated carbocycles. The Hall–Kier alpha value is -1.18. The van der Waals surface area contributed by atoms with Crippen LogP contribution >= 0.6 is 12.2 Å². The van der Waals surface area contributed by atoms with Crippen LogP contribution in [0.2, 0.25) is 0 Å². The quantitative estimate of drug-likeness (QED) is 0.541. The fourth-order valence-corrected chi connectivity index (χ4v) is 1.09. The van der Waals surface area contributed by atoms with E-state index in [1.807, 2.05) is 31.2 Å². The second kappa shape index (κ2) is 5.46. The number of aliphatic imine (C=N–C) groups is 1. The average Bonchev–Trinajstić information content (AvgIpc) is 2.16. The first-order chi connectivity index (χ1) is 6.36. The Morgan fingerprint density at radius 2 is 2.38 bits per heavy atom. The molecule has 68 valence electrons. The van der Waals surface area contributed by atoms with Crippen molar-refractivity contribution in [3.8, 4) is 5.75 Å². The van der Waals surface area contributed by atoms with Gasteiger partial charge in [-0.1, -0.05) is 12.1 Å². The molecule has 0 atom stereocenters. The van der Waals surface area contributed by atoms with Gasteiger partial charge in [0.15, 0.2) is 0 Å². The number of benzene rings is 1. The topological polar surface area (TPSA) is 21.6 Å². The molecule has 0 aliphatic rings. The summed E-state index contributed by atoms with van der Waals surface area (Å²) in [6, 6.07) is 7.81. The number of hydrogen-bond acceptors (Lipinski definition) is 3. The lowest BCUT2D eigenvalue weighted by molar-refractivity contribution is 0.340. The molecule has 0 fully saturated rings. The maximum Gasteiger partial charge on any atom is 0.119 e. The molecular formula is C10H11NOS. The van der Waals surface area contributed by atoms with Crippen molar-refractivity contribution in [2.24, 2.45) is 4.99 Å². The summed E-state index contributed by atoms with van der Waals surface area (Å²) >= 11 is 4.49. The van der Waals surface area contributed by atoms with Crippen LogP contribution in [0, 0.1) is 0 Å². The molecule has 0 aliphatic carbocycles. The van der Waals surface area contributed by atoms with Crippen LogP contribution in [-0.2, 0) is 6.54 Å². The molecule has 1 aromatic rings. The zero-order valence-corrected chi connectivity index (χ0v) is 8.30. The zero-order valence-electron chi connectivity index (χ0n) is 7.49. The number of nitrogens with zero attached hydrogens (tertiary/aromatic N) is 1. The molecule has 0 amide bonds. The highest BCUT2D eigenvalue weighted by Gasteiger charge is 1.94. The van der Waals surface area contributed by atoms with Crippen LogP contribution in [0.4, 0.5) is 0 Å². The van der Waals surface area contributed by atoms with Crippen LogP contribution in [0.15, 0.2) is 29.3 Å². The highest BCUT2D eigenvalue weighted by Crippen LogP contribution is 2.13. The summed E-state index contributed by atoms with van der Waals surface area (Å²) in [5, 5.41) is 2.34. The van der Waals surface area contributed by atoms with Gasteiger partial charge in [0.2, 0.25) is 0 Å². The van der Waals surface area contributed by atoms with Gasteiger partial charge in [0.1, 0.15) is 5.75 Å². The SMILES string of the molecule is CCOc1cccc(CN=C=S)c1. The summed E-state index contributed by atoms with van der Waals surface area (Å²) in [7, 11) is 0. The first-order valence-electron chi connectivity index (χ1n) is 4.12. The van der Waals surface area contributed by atoms with E-state index in [1.54, 1.807) is 0 Å². The van der Waals surface area contributed by atoms with Crippen LogP contribution < -0.4 is 4.74 Å². The lowest BCUT2D eigenvalue weighted by atomic mass is 10.2. The smallest absolute Gasteiger partial charge is 0.119 e. The predicted octanol–water partition coefficient (Wildman–Crippen LogP) is 2.69. The third-order valence-electron chi connectivity index (χ3n) is 1.54. The van der Waals surface area contributed by atoms with Gasteiger partial charge in [0.05, 0.1) is 18.3 Å². The van der Waals surface area contributed by atoms with Crippen molar-refractivity contribution in [1.82, 2.24) is 0 Å². The van der Waals surface area contributed by atoms with E-state index in [-0.39, 0.29) is 0 Å². The molecule has 0 heterocycles. The van der Waals surface area contributed by atoms with E-state index >= 15 is 0 Å². The minimum Gasteiger partial charge on any atom is -0.494 e. The molecule has 0 bridgehead atoms. The Balaban J connectivity index is 2.72. The van der Waals surface area contributed by atoms with Gasteiger partial charge in [-0.3, -0.25) is 0 Å². The fraction of sp³-hybridized carbons (Fsp3) is 0.300. The second-order valence-electron chi connectivity index (χ2n) is 2.49. The number of ether oxygens (including phenoxy) is 1. The maximum atomic E-state index is 5.34. The first kappa shape index (κ1) is 9.90. The third-order valence-corrected chi connectivity index (χ3v) is 1.66.